The van der Waals surface area contributed by atoms with E-state index in [-0.39, 0.29) is 5.69 Å². The smallest absolute Gasteiger partial charge is 0.273 e. The highest BCUT2D eigenvalue weighted by Crippen LogP contribution is 2.34. The van der Waals surface area contributed by atoms with Crippen LogP contribution in [0.15, 0.2) is 18.2 Å². The second-order valence-corrected chi connectivity index (χ2v) is 6.35. The number of nitro groups is 1. The molecule has 24 heavy (non-hydrogen) atoms. The molecule has 1 aromatic carbocycles. The number of benzene rings is 1. The van der Waals surface area contributed by atoms with Gasteiger partial charge in [0.15, 0.2) is 0 Å². The van der Waals surface area contributed by atoms with E-state index in [0.717, 1.165) is 44.7 Å². The largest absolute Gasteiger partial charge is 0.494 e. The molecule has 2 aliphatic heterocycles. The highest BCUT2D eigenvalue weighted by Gasteiger charge is 2.28. The average molecular weight is 337 g/mol. The van der Waals surface area contributed by atoms with Crippen LogP contribution < -0.4 is 9.64 Å². The molecule has 0 unspecified atom stereocenters. The molecule has 0 amide bonds. The standard InChI is InChI=1S/C17H26N4O3/c1-18-9-11-19(12-10-18)14-5-7-20(8-6-14)16-4-3-15(21(22)23)13-17(16)24-2/h3-4,13-14H,5-12H2,1-2H3/i1D3. The summed E-state index contributed by atoms with van der Waals surface area (Å²) < 4.78 is 27.9. The van der Waals surface area contributed by atoms with Crippen molar-refractivity contribution in [2.24, 2.45) is 0 Å². The van der Waals surface area contributed by atoms with Crippen LogP contribution in [-0.2, 0) is 0 Å². The predicted octanol–water partition coefficient (Wildman–Crippen LogP) is 1.82. The number of anilines is 1. The summed E-state index contributed by atoms with van der Waals surface area (Å²) in [5.41, 5.74) is 0.909. The van der Waals surface area contributed by atoms with E-state index in [4.69, 9.17) is 8.85 Å². The summed E-state index contributed by atoms with van der Waals surface area (Å²) >= 11 is 0. The van der Waals surface area contributed by atoms with Crippen LogP contribution in [0.25, 0.3) is 0 Å². The Morgan fingerprint density at radius 3 is 2.50 bits per heavy atom. The number of likely N-dealkylation sites (N-methyl/N-ethyl adjacent to an activating group) is 1. The third kappa shape index (κ3) is 3.62. The van der Waals surface area contributed by atoms with Gasteiger partial charge in [-0.3, -0.25) is 15.0 Å². The fourth-order valence-electron chi connectivity index (χ4n) is 3.60. The Kier molecular flexibility index (Phi) is 4.12. The van der Waals surface area contributed by atoms with E-state index < -0.39 is 11.9 Å². The minimum absolute atomic E-state index is 0.0256. The van der Waals surface area contributed by atoms with Crippen molar-refractivity contribution >= 4 is 11.4 Å². The molecule has 0 spiro atoms. The first-order valence-corrected chi connectivity index (χ1v) is 8.36. The Balaban J connectivity index is 1.57. The second-order valence-electron chi connectivity index (χ2n) is 6.35. The number of methoxy groups -OCH3 is 1. The van der Waals surface area contributed by atoms with Gasteiger partial charge in [0.25, 0.3) is 5.69 Å². The predicted molar refractivity (Wildman–Crippen MR) is 94.0 cm³/mol. The summed E-state index contributed by atoms with van der Waals surface area (Å²) in [5.74, 6) is 0.522. The van der Waals surface area contributed by atoms with Gasteiger partial charge >= 0.3 is 0 Å². The molecule has 2 fully saturated rings. The van der Waals surface area contributed by atoms with Gasteiger partial charge in [-0.25, -0.2) is 0 Å². The number of piperidine rings is 1. The van der Waals surface area contributed by atoms with Gasteiger partial charge in [-0.15, -0.1) is 0 Å². The number of nitrogens with zero attached hydrogens (tertiary/aromatic N) is 4. The van der Waals surface area contributed by atoms with Crippen molar-refractivity contribution in [2.75, 3.05) is 58.3 Å². The van der Waals surface area contributed by atoms with Crippen molar-refractivity contribution < 1.29 is 13.8 Å². The van der Waals surface area contributed by atoms with Crippen LogP contribution in [0.4, 0.5) is 11.4 Å². The Hall–Kier alpha value is -1.86. The topological polar surface area (TPSA) is 62.1 Å². The van der Waals surface area contributed by atoms with Gasteiger partial charge < -0.3 is 14.5 Å². The first-order valence-electron chi connectivity index (χ1n) is 9.86. The van der Waals surface area contributed by atoms with Crippen molar-refractivity contribution in [3.05, 3.63) is 28.3 Å². The number of piperazine rings is 1. The maximum Gasteiger partial charge on any atom is 0.273 e. The number of rotatable bonds is 4. The molecule has 0 atom stereocenters. The maximum absolute atomic E-state index is 11.0. The molecule has 2 saturated heterocycles. The molecule has 7 heteroatoms. The first-order chi connectivity index (χ1) is 12.8. The molecular weight excluding hydrogens is 308 g/mol. The average Bonchev–Trinajstić information content (AvgIpc) is 2.67. The summed E-state index contributed by atoms with van der Waals surface area (Å²) in [7, 11) is 1.53. The molecule has 0 saturated carbocycles. The summed E-state index contributed by atoms with van der Waals surface area (Å²) in [6.45, 7) is 2.41. The molecule has 0 aliphatic carbocycles. The third-order valence-corrected chi connectivity index (χ3v) is 5.01. The molecule has 132 valence electrons. The van der Waals surface area contributed by atoms with Gasteiger partial charge in [-0.1, -0.05) is 0 Å². The minimum Gasteiger partial charge on any atom is -0.494 e. The lowest BCUT2D eigenvalue weighted by molar-refractivity contribution is -0.384. The molecule has 2 heterocycles. The maximum atomic E-state index is 11.0. The zero-order chi connectivity index (χ0) is 19.6. The quantitative estimate of drug-likeness (QED) is 0.617. The summed E-state index contributed by atoms with van der Waals surface area (Å²) in [6, 6.07) is 5.18. The van der Waals surface area contributed by atoms with Crippen molar-refractivity contribution in [1.29, 1.82) is 0 Å². The van der Waals surface area contributed by atoms with Gasteiger partial charge in [0.1, 0.15) is 5.75 Å². The number of ether oxygens (including phenoxy) is 1. The highest BCUT2D eigenvalue weighted by atomic mass is 16.6. The van der Waals surface area contributed by atoms with E-state index >= 15 is 0 Å². The number of nitro benzene ring substituents is 1. The normalized spacial score (nSPS) is 23.4. The molecule has 0 radical (unpaired) electrons. The number of hydrogen-bond donors (Lipinski definition) is 0. The lowest BCUT2D eigenvalue weighted by Crippen LogP contribution is -2.52. The van der Waals surface area contributed by atoms with Crippen LogP contribution >= 0.6 is 0 Å². The van der Waals surface area contributed by atoms with Crippen molar-refractivity contribution in [1.82, 2.24) is 9.80 Å². The fraction of sp³-hybridized carbons (Fsp3) is 0.647. The zero-order valence-electron chi connectivity index (χ0n) is 17.0. The van der Waals surface area contributed by atoms with E-state index in [1.165, 1.54) is 19.2 Å². The monoisotopic (exact) mass is 337 g/mol. The van der Waals surface area contributed by atoms with Crippen molar-refractivity contribution in [2.45, 2.75) is 18.9 Å². The van der Waals surface area contributed by atoms with Gasteiger partial charge in [0.05, 0.1) is 23.8 Å². The number of non-ortho nitro benzene ring substituents is 1. The molecule has 3 rings (SSSR count). The van der Waals surface area contributed by atoms with Gasteiger partial charge in [0, 0.05) is 55.5 Å². The van der Waals surface area contributed by atoms with Crippen LogP contribution in [0.2, 0.25) is 0 Å². The van der Waals surface area contributed by atoms with E-state index in [1.807, 2.05) is 0 Å². The molecule has 2 aliphatic rings. The van der Waals surface area contributed by atoms with Gasteiger partial charge in [0.2, 0.25) is 0 Å². The Bertz CT molecular complexity index is 670. The third-order valence-electron chi connectivity index (χ3n) is 5.01. The van der Waals surface area contributed by atoms with E-state index in [1.54, 1.807) is 11.0 Å². The molecular formula is C17H26N4O3. The first kappa shape index (κ1) is 13.4. The molecule has 1 aromatic rings. The van der Waals surface area contributed by atoms with Crippen molar-refractivity contribution in [3.8, 4) is 5.75 Å². The van der Waals surface area contributed by atoms with Crippen LogP contribution in [0.3, 0.4) is 0 Å². The van der Waals surface area contributed by atoms with Gasteiger partial charge in [-0.2, -0.15) is 0 Å². The zero-order valence-corrected chi connectivity index (χ0v) is 14.0. The van der Waals surface area contributed by atoms with Crippen molar-refractivity contribution in [3.63, 3.8) is 0 Å². The summed E-state index contributed by atoms with van der Waals surface area (Å²) in [6.07, 6.45) is 1.96. The van der Waals surface area contributed by atoms with Gasteiger partial charge in [-0.05, 0) is 25.9 Å². The molecule has 0 bridgehead atoms. The highest BCUT2D eigenvalue weighted by molar-refractivity contribution is 5.62. The van der Waals surface area contributed by atoms with Crippen LogP contribution in [0.5, 0.6) is 5.75 Å². The lowest BCUT2D eigenvalue weighted by Gasteiger charge is -2.42. The Morgan fingerprint density at radius 1 is 1.21 bits per heavy atom. The Labute approximate surface area is 147 Å². The molecule has 0 N–H and O–H groups in total. The lowest BCUT2D eigenvalue weighted by atomic mass is 10.0. The SMILES string of the molecule is [2H]C([2H])([2H])N1CCN(C2CCN(c3ccc([N+](=O)[O-])cc3OC)CC2)CC1. The number of hydrogen-bond acceptors (Lipinski definition) is 6. The minimum atomic E-state index is -2.00. The summed E-state index contributed by atoms with van der Waals surface area (Å²) in [4.78, 5) is 16.7. The van der Waals surface area contributed by atoms with E-state index in [0.29, 0.717) is 24.9 Å². The second kappa shape index (κ2) is 7.36. The van der Waals surface area contributed by atoms with E-state index in [9.17, 15) is 10.1 Å². The van der Waals surface area contributed by atoms with Crippen LogP contribution in [0.1, 0.15) is 17.0 Å². The van der Waals surface area contributed by atoms with Crippen LogP contribution in [-0.4, -0.2) is 74.1 Å². The summed E-state index contributed by atoms with van der Waals surface area (Å²) in [5, 5.41) is 11.0. The van der Waals surface area contributed by atoms with E-state index in [2.05, 4.69) is 9.80 Å². The van der Waals surface area contributed by atoms with Crippen LogP contribution in [0, 0.1) is 10.1 Å². The molecule has 7 nitrogen and oxygen atoms in total. The molecule has 0 aromatic heterocycles. The Morgan fingerprint density at radius 2 is 1.92 bits per heavy atom. The fourth-order valence-corrected chi connectivity index (χ4v) is 3.60.